The SMILES string of the molecule is CCc1ccc(N2C[C@H](C(=O)OCC(=O)c3ccc4c(c3)NC(=O)CO4)CC2=O)cc1. The topological polar surface area (TPSA) is 102 Å². The molecule has 0 radical (unpaired) electrons. The molecule has 31 heavy (non-hydrogen) atoms. The number of esters is 1. The Kier molecular flexibility index (Phi) is 5.70. The van der Waals surface area contributed by atoms with Gasteiger partial charge in [-0.1, -0.05) is 19.1 Å². The summed E-state index contributed by atoms with van der Waals surface area (Å²) in [6.07, 6.45) is 0.950. The Hall–Kier alpha value is -3.68. The van der Waals surface area contributed by atoms with Crippen LogP contribution in [-0.4, -0.2) is 43.3 Å². The molecule has 2 aliphatic heterocycles. The molecule has 2 amide bonds. The van der Waals surface area contributed by atoms with E-state index >= 15 is 0 Å². The maximum Gasteiger partial charge on any atom is 0.311 e. The van der Waals surface area contributed by atoms with Crippen molar-refractivity contribution >= 4 is 34.9 Å². The lowest BCUT2D eigenvalue weighted by Crippen LogP contribution is -2.27. The molecule has 8 heteroatoms. The zero-order valence-corrected chi connectivity index (χ0v) is 17.1. The quantitative estimate of drug-likeness (QED) is 0.566. The van der Waals surface area contributed by atoms with E-state index in [1.54, 1.807) is 17.0 Å². The second-order valence-corrected chi connectivity index (χ2v) is 7.50. The third-order valence-corrected chi connectivity index (χ3v) is 5.39. The van der Waals surface area contributed by atoms with Crippen molar-refractivity contribution in [1.29, 1.82) is 0 Å². The highest BCUT2D eigenvalue weighted by atomic mass is 16.5. The number of carbonyl (C=O) groups is 4. The highest BCUT2D eigenvalue weighted by molar-refractivity contribution is 6.02. The Labute approximate surface area is 179 Å². The van der Waals surface area contributed by atoms with Gasteiger partial charge >= 0.3 is 5.97 Å². The first-order chi connectivity index (χ1) is 14.9. The van der Waals surface area contributed by atoms with Crippen LogP contribution in [0.3, 0.4) is 0 Å². The summed E-state index contributed by atoms with van der Waals surface area (Å²) in [4.78, 5) is 50.3. The van der Waals surface area contributed by atoms with Crippen LogP contribution in [0.2, 0.25) is 0 Å². The first-order valence-corrected chi connectivity index (χ1v) is 10.1. The van der Waals surface area contributed by atoms with Gasteiger partial charge in [0.2, 0.25) is 5.91 Å². The zero-order chi connectivity index (χ0) is 22.0. The van der Waals surface area contributed by atoms with Crippen molar-refractivity contribution in [2.45, 2.75) is 19.8 Å². The minimum Gasteiger partial charge on any atom is -0.482 e. The van der Waals surface area contributed by atoms with Crippen LogP contribution < -0.4 is 15.0 Å². The number of carbonyl (C=O) groups excluding carboxylic acids is 4. The Bertz CT molecular complexity index is 1050. The zero-order valence-electron chi connectivity index (χ0n) is 17.1. The molecule has 0 saturated carbocycles. The van der Waals surface area contributed by atoms with E-state index in [-0.39, 0.29) is 37.0 Å². The summed E-state index contributed by atoms with van der Waals surface area (Å²) in [6.45, 7) is 1.76. The molecule has 0 unspecified atom stereocenters. The number of rotatable bonds is 6. The fourth-order valence-electron chi connectivity index (χ4n) is 3.62. The van der Waals surface area contributed by atoms with Gasteiger partial charge < -0.3 is 19.7 Å². The monoisotopic (exact) mass is 422 g/mol. The van der Waals surface area contributed by atoms with Crippen molar-refractivity contribution in [3.05, 3.63) is 53.6 Å². The Balaban J connectivity index is 1.34. The van der Waals surface area contributed by atoms with Crippen molar-refractivity contribution < 1.29 is 28.7 Å². The largest absolute Gasteiger partial charge is 0.482 e. The molecule has 1 fully saturated rings. The van der Waals surface area contributed by atoms with Gasteiger partial charge in [-0.05, 0) is 42.3 Å². The van der Waals surface area contributed by atoms with Gasteiger partial charge in [0.05, 0.1) is 11.6 Å². The number of hydrogen-bond donors (Lipinski definition) is 1. The van der Waals surface area contributed by atoms with Crippen LogP contribution in [0.1, 0.15) is 29.3 Å². The van der Waals surface area contributed by atoms with Crippen molar-refractivity contribution in [3.63, 3.8) is 0 Å². The van der Waals surface area contributed by atoms with Gasteiger partial charge in [-0.15, -0.1) is 0 Å². The number of Topliss-reactive ketones (excluding diaryl/α,β-unsaturated/α-hetero) is 1. The van der Waals surface area contributed by atoms with Crippen molar-refractivity contribution in [1.82, 2.24) is 0 Å². The number of hydrogen-bond acceptors (Lipinski definition) is 6. The summed E-state index contributed by atoms with van der Waals surface area (Å²) in [5.41, 5.74) is 2.60. The molecule has 160 valence electrons. The Morgan fingerprint density at radius 2 is 1.94 bits per heavy atom. The molecule has 4 rings (SSSR count). The maximum absolute atomic E-state index is 12.4. The summed E-state index contributed by atoms with van der Waals surface area (Å²) >= 11 is 0. The molecule has 0 spiro atoms. The van der Waals surface area contributed by atoms with E-state index in [0.717, 1.165) is 17.7 Å². The fourth-order valence-corrected chi connectivity index (χ4v) is 3.62. The Morgan fingerprint density at radius 1 is 1.16 bits per heavy atom. The second kappa shape index (κ2) is 8.59. The molecular weight excluding hydrogens is 400 g/mol. The van der Waals surface area contributed by atoms with Gasteiger partial charge in [0.25, 0.3) is 5.91 Å². The lowest BCUT2D eigenvalue weighted by Gasteiger charge is -2.18. The second-order valence-electron chi connectivity index (χ2n) is 7.50. The number of amides is 2. The number of benzene rings is 2. The van der Waals surface area contributed by atoms with E-state index in [1.807, 2.05) is 24.3 Å². The number of aryl methyl sites for hydroxylation is 1. The van der Waals surface area contributed by atoms with Crippen LogP contribution in [0.5, 0.6) is 5.75 Å². The number of fused-ring (bicyclic) bond motifs is 1. The average molecular weight is 422 g/mol. The highest BCUT2D eigenvalue weighted by Crippen LogP contribution is 2.29. The first kappa shape index (κ1) is 20.6. The third kappa shape index (κ3) is 4.42. The number of nitrogens with one attached hydrogen (secondary N) is 1. The van der Waals surface area contributed by atoms with Crippen LogP contribution in [0.25, 0.3) is 0 Å². The third-order valence-electron chi connectivity index (χ3n) is 5.39. The van der Waals surface area contributed by atoms with Gasteiger partial charge in [0.15, 0.2) is 19.0 Å². The molecule has 1 atom stereocenters. The van der Waals surface area contributed by atoms with Gasteiger partial charge in [0.1, 0.15) is 5.75 Å². The van der Waals surface area contributed by atoms with E-state index in [2.05, 4.69) is 12.2 Å². The minimum atomic E-state index is -0.623. The van der Waals surface area contributed by atoms with E-state index in [4.69, 9.17) is 9.47 Å². The smallest absolute Gasteiger partial charge is 0.311 e. The molecule has 0 aliphatic carbocycles. The molecule has 1 saturated heterocycles. The van der Waals surface area contributed by atoms with Gasteiger partial charge in [0, 0.05) is 24.2 Å². The molecule has 2 heterocycles. The first-order valence-electron chi connectivity index (χ1n) is 10.1. The van der Waals surface area contributed by atoms with Gasteiger partial charge in [-0.25, -0.2) is 0 Å². The van der Waals surface area contributed by atoms with Gasteiger partial charge in [-0.3, -0.25) is 19.2 Å². The van der Waals surface area contributed by atoms with Crippen LogP contribution in [0.15, 0.2) is 42.5 Å². The van der Waals surface area contributed by atoms with Crippen molar-refractivity contribution in [2.75, 3.05) is 30.0 Å². The summed E-state index contributed by atoms with van der Waals surface area (Å²) in [5, 5.41) is 2.63. The number of anilines is 2. The predicted molar refractivity (Wildman–Crippen MR) is 112 cm³/mol. The maximum atomic E-state index is 12.4. The standard InChI is InChI=1S/C23H22N2O6/c1-2-14-3-6-17(7-4-14)25-11-16(10-22(25)28)23(29)31-12-19(26)15-5-8-20-18(9-15)24-21(27)13-30-20/h3-9,16H,2,10-13H2,1H3,(H,24,27)/t16-/m1/s1. The van der Waals surface area contributed by atoms with Crippen LogP contribution >= 0.6 is 0 Å². The van der Waals surface area contributed by atoms with E-state index in [9.17, 15) is 19.2 Å². The van der Waals surface area contributed by atoms with Crippen LogP contribution in [0, 0.1) is 5.92 Å². The predicted octanol–water partition coefficient (Wildman–Crippen LogP) is 2.36. The summed E-state index contributed by atoms with van der Waals surface area (Å²) < 4.78 is 10.5. The minimum absolute atomic E-state index is 0.0464. The summed E-state index contributed by atoms with van der Waals surface area (Å²) in [7, 11) is 0. The molecule has 8 nitrogen and oxygen atoms in total. The lowest BCUT2D eigenvalue weighted by molar-refractivity contribution is -0.147. The molecule has 2 aromatic carbocycles. The molecule has 0 bridgehead atoms. The summed E-state index contributed by atoms with van der Waals surface area (Å²) in [5.74, 6) is -1.59. The van der Waals surface area contributed by atoms with E-state index < -0.39 is 24.3 Å². The van der Waals surface area contributed by atoms with Gasteiger partial charge in [-0.2, -0.15) is 0 Å². The summed E-state index contributed by atoms with van der Waals surface area (Å²) in [6, 6.07) is 12.3. The number of ether oxygens (including phenoxy) is 2. The van der Waals surface area contributed by atoms with Crippen molar-refractivity contribution in [3.8, 4) is 5.75 Å². The average Bonchev–Trinajstić information content (AvgIpc) is 3.18. The molecule has 1 N–H and O–H groups in total. The molecule has 0 aromatic heterocycles. The molecule has 2 aliphatic rings. The lowest BCUT2D eigenvalue weighted by atomic mass is 10.1. The number of ketones is 1. The van der Waals surface area contributed by atoms with E-state index in [0.29, 0.717) is 11.4 Å². The van der Waals surface area contributed by atoms with Crippen molar-refractivity contribution in [2.24, 2.45) is 5.92 Å². The number of nitrogens with zero attached hydrogens (tertiary/aromatic N) is 1. The highest BCUT2D eigenvalue weighted by Gasteiger charge is 2.36. The molecular formula is C23H22N2O6. The normalized spacial score (nSPS) is 17.6. The van der Waals surface area contributed by atoms with Crippen LogP contribution in [-0.2, 0) is 25.5 Å². The Morgan fingerprint density at radius 3 is 2.68 bits per heavy atom. The molecule has 2 aromatic rings. The fraction of sp³-hybridized carbons (Fsp3) is 0.304. The van der Waals surface area contributed by atoms with Crippen LogP contribution in [0.4, 0.5) is 11.4 Å². The van der Waals surface area contributed by atoms with E-state index in [1.165, 1.54) is 6.07 Å².